The van der Waals surface area contributed by atoms with E-state index >= 15 is 0 Å². The first kappa shape index (κ1) is 15.1. The second-order valence-electron chi connectivity index (χ2n) is 7.19. The number of benzene rings is 1. The first-order valence-corrected chi connectivity index (χ1v) is 8.18. The van der Waals surface area contributed by atoms with Crippen molar-refractivity contribution in [3.8, 4) is 0 Å². The summed E-state index contributed by atoms with van der Waals surface area (Å²) < 4.78 is 0. The highest BCUT2D eigenvalue weighted by atomic mass is 16.3. The Labute approximate surface area is 132 Å². The van der Waals surface area contributed by atoms with Gasteiger partial charge in [0.1, 0.15) is 5.76 Å². The number of aliphatic hydroxyl groups excluding tert-OH is 1. The van der Waals surface area contributed by atoms with Crippen molar-refractivity contribution in [3.05, 3.63) is 40.1 Å². The molecule has 1 aromatic rings. The van der Waals surface area contributed by atoms with E-state index in [0.29, 0.717) is 11.5 Å². The molecule has 0 saturated heterocycles. The van der Waals surface area contributed by atoms with Crippen LogP contribution in [0.15, 0.2) is 17.9 Å². The maximum atomic E-state index is 12.6. The number of carbonyl (C=O) groups excluding carboxylic acids is 1. The van der Waals surface area contributed by atoms with E-state index in [9.17, 15) is 9.90 Å². The van der Waals surface area contributed by atoms with Gasteiger partial charge in [-0.1, -0.05) is 19.1 Å². The standard InChI is InChI=1S/C19H25NO2/c1-11-5-7-19(8-6-11)17(21)16(18(22)20-19)15-10-13(3)12(2)9-14(15)4/h9-11,21H,5-8H2,1-4H3,(H,20,22). The quantitative estimate of drug-likeness (QED) is 0.824. The number of carbonyl (C=O) groups is 1. The number of hydrogen-bond donors (Lipinski definition) is 2. The van der Waals surface area contributed by atoms with E-state index in [4.69, 9.17) is 0 Å². The van der Waals surface area contributed by atoms with Crippen LogP contribution in [0.25, 0.3) is 5.57 Å². The zero-order valence-corrected chi connectivity index (χ0v) is 13.9. The van der Waals surface area contributed by atoms with Crippen molar-refractivity contribution in [1.29, 1.82) is 0 Å². The maximum absolute atomic E-state index is 12.6. The lowest BCUT2D eigenvalue weighted by atomic mass is 9.76. The smallest absolute Gasteiger partial charge is 0.256 e. The van der Waals surface area contributed by atoms with Gasteiger partial charge < -0.3 is 10.4 Å². The summed E-state index contributed by atoms with van der Waals surface area (Å²) in [4.78, 5) is 12.6. The highest BCUT2D eigenvalue weighted by molar-refractivity contribution is 6.23. The predicted molar refractivity (Wildman–Crippen MR) is 88.7 cm³/mol. The van der Waals surface area contributed by atoms with Gasteiger partial charge in [-0.3, -0.25) is 4.79 Å². The van der Waals surface area contributed by atoms with Crippen LogP contribution in [-0.2, 0) is 4.79 Å². The summed E-state index contributed by atoms with van der Waals surface area (Å²) in [5, 5.41) is 13.9. The zero-order chi connectivity index (χ0) is 16.1. The first-order chi connectivity index (χ1) is 10.3. The van der Waals surface area contributed by atoms with Crippen LogP contribution in [0.1, 0.15) is 54.9 Å². The summed E-state index contributed by atoms with van der Waals surface area (Å²) in [6.07, 6.45) is 3.76. The minimum absolute atomic E-state index is 0.126. The zero-order valence-electron chi connectivity index (χ0n) is 13.9. The van der Waals surface area contributed by atoms with E-state index < -0.39 is 5.54 Å². The second-order valence-corrected chi connectivity index (χ2v) is 7.19. The third kappa shape index (κ3) is 2.23. The van der Waals surface area contributed by atoms with Crippen molar-refractivity contribution < 1.29 is 9.90 Å². The van der Waals surface area contributed by atoms with E-state index in [2.05, 4.69) is 25.2 Å². The van der Waals surface area contributed by atoms with Gasteiger partial charge in [0.2, 0.25) is 0 Å². The van der Waals surface area contributed by atoms with Crippen LogP contribution in [0.2, 0.25) is 0 Å². The predicted octanol–water partition coefficient (Wildman–Crippen LogP) is 3.96. The summed E-state index contributed by atoms with van der Waals surface area (Å²) in [5.41, 5.74) is 4.22. The minimum Gasteiger partial charge on any atom is -0.509 e. The van der Waals surface area contributed by atoms with Crippen molar-refractivity contribution in [1.82, 2.24) is 5.32 Å². The van der Waals surface area contributed by atoms with Crippen molar-refractivity contribution in [3.63, 3.8) is 0 Å². The van der Waals surface area contributed by atoms with Crippen molar-refractivity contribution in [2.24, 2.45) is 5.92 Å². The molecule has 0 unspecified atom stereocenters. The lowest BCUT2D eigenvalue weighted by Crippen LogP contribution is -2.47. The molecule has 1 aromatic carbocycles. The molecule has 2 N–H and O–H groups in total. The third-order valence-electron chi connectivity index (χ3n) is 5.51. The number of aryl methyl sites for hydroxylation is 3. The number of amides is 1. The van der Waals surface area contributed by atoms with Crippen molar-refractivity contribution >= 4 is 11.5 Å². The number of nitrogens with one attached hydrogen (secondary N) is 1. The molecule has 3 heteroatoms. The normalized spacial score (nSPS) is 28.4. The molecule has 118 valence electrons. The molecule has 1 spiro atoms. The van der Waals surface area contributed by atoms with E-state index in [-0.39, 0.29) is 11.7 Å². The van der Waals surface area contributed by atoms with Gasteiger partial charge in [-0.05, 0) is 74.6 Å². The molecule has 1 saturated carbocycles. The highest BCUT2D eigenvalue weighted by Gasteiger charge is 2.47. The van der Waals surface area contributed by atoms with E-state index in [1.54, 1.807) is 0 Å². The molecule has 0 bridgehead atoms. The Morgan fingerprint density at radius 1 is 1.09 bits per heavy atom. The fourth-order valence-corrected chi connectivity index (χ4v) is 3.78. The highest BCUT2D eigenvalue weighted by Crippen LogP contribution is 2.43. The van der Waals surface area contributed by atoms with Crippen LogP contribution >= 0.6 is 0 Å². The summed E-state index contributed by atoms with van der Waals surface area (Å²) >= 11 is 0. The van der Waals surface area contributed by atoms with Gasteiger partial charge in [0.15, 0.2) is 0 Å². The number of aliphatic hydroxyl groups is 1. The molecule has 0 atom stereocenters. The van der Waals surface area contributed by atoms with E-state index in [0.717, 1.165) is 42.4 Å². The lowest BCUT2D eigenvalue weighted by Gasteiger charge is -2.36. The minimum atomic E-state index is -0.524. The lowest BCUT2D eigenvalue weighted by molar-refractivity contribution is -0.116. The van der Waals surface area contributed by atoms with Crippen LogP contribution in [-0.4, -0.2) is 16.6 Å². The van der Waals surface area contributed by atoms with Gasteiger partial charge in [-0.15, -0.1) is 0 Å². The molecular formula is C19H25NO2. The third-order valence-corrected chi connectivity index (χ3v) is 5.51. The second kappa shape index (κ2) is 5.15. The van der Waals surface area contributed by atoms with Gasteiger partial charge in [0, 0.05) is 0 Å². The fraction of sp³-hybridized carbons (Fsp3) is 0.526. The van der Waals surface area contributed by atoms with Crippen molar-refractivity contribution in [2.75, 3.05) is 0 Å². The van der Waals surface area contributed by atoms with Gasteiger partial charge in [0.05, 0.1) is 11.1 Å². The molecule has 3 nitrogen and oxygen atoms in total. The van der Waals surface area contributed by atoms with Crippen LogP contribution in [0.4, 0.5) is 0 Å². The largest absolute Gasteiger partial charge is 0.509 e. The summed E-state index contributed by atoms with van der Waals surface area (Å²) in [6, 6.07) is 4.12. The topological polar surface area (TPSA) is 49.3 Å². The number of hydrogen-bond acceptors (Lipinski definition) is 2. The Morgan fingerprint density at radius 2 is 1.68 bits per heavy atom. The van der Waals surface area contributed by atoms with Crippen LogP contribution in [0.5, 0.6) is 0 Å². The maximum Gasteiger partial charge on any atom is 0.256 e. The Bertz CT molecular complexity index is 664. The molecule has 3 rings (SSSR count). The van der Waals surface area contributed by atoms with Gasteiger partial charge in [0.25, 0.3) is 5.91 Å². The molecule has 2 aliphatic rings. The molecule has 1 amide bonds. The Morgan fingerprint density at radius 3 is 2.32 bits per heavy atom. The summed E-state index contributed by atoms with van der Waals surface area (Å²) in [5.74, 6) is 0.803. The Hall–Kier alpha value is -1.77. The first-order valence-electron chi connectivity index (χ1n) is 8.18. The van der Waals surface area contributed by atoms with Gasteiger partial charge >= 0.3 is 0 Å². The Kier molecular flexibility index (Phi) is 3.54. The van der Waals surface area contributed by atoms with Crippen LogP contribution in [0, 0.1) is 26.7 Å². The molecule has 22 heavy (non-hydrogen) atoms. The van der Waals surface area contributed by atoms with Gasteiger partial charge in [-0.25, -0.2) is 0 Å². The molecule has 0 radical (unpaired) electrons. The van der Waals surface area contributed by atoms with Crippen molar-refractivity contribution in [2.45, 2.75) is 58.9 Å². The summed E-state index contributed by atoms with van der Waals surface area (Å²) in [7, 11) is 0. The number of rotatable bonds is 1. The molecule has 1 aliphatic heterocycles. The average molecular weight is 299 g/mol. The molecule has 1 aliphatic carbocycles. The monoisotopic (exact) mass is 299 g/mol. The molecule has 1 fully saturated rings. The van der Waals surface area contributed by atoms with E-state index in [1.165, 1.54) is 5.56 Å². The molecule has 1 heterocycles. The molecular weight excluding hydrogens is 274 g/mol. The van der Waals surface area contributed by atoms with Crippen LogP contribution in [0.3, 0.4) is 0 Å². The average Bonchev–Trinajstić information content (AvgIpc) is 2.70. The van der Waals surface area contributed by atoms with Crippen LogP contribution < -0.4 is 5.32 Å². The Balaban J connectivity index is 2.08. The fourth-order valence-electron chi connectivity index (χ4n) is 3.78. The SMILES string of the molecule is Cc1cc(C)c(C2=C(O)C3(CCC(C)CC3)NC2=O)cc1C. The van der Waals surface area contributed by atoms with E-state index in [1.807, 2.05) is 19.9 Å². The van der Waals surface area contributed by atoms with Gasteiger partial charge in [-0.2, -0.15) is 0 Å². The molecule has 0 aromatic heterocycles. The summed E-state index contributed by atoms with van der Waals surface area (Å²) in [6.45, 7) is 8.35.